The van der Waals surface area contributed by atoms with Crippen molar-refractivity contribution in [2.24, 2.45) is 5.10 Å². The normalized spacial score (nSPS) is 12.5. The number of benzene rings is 2. The molecule has 8 nitrogen and oxygen atoms in total. The molecule has 0 radical (unpaired) electrons. The molecule has 0 spiro atoms. The maximum absolute atomic E-state index is 13.3. The van der Waals surface area contributed by atoms with Crippen molar-refractivity contribution < 1.29 is 19.4 Å². The van der Waals surface area contributed by atoms with E-state index in [0.717, 1.165) is 4.47 Å². The van der Waals surface area contributed by atoms with Crippen LogP contribution >= 0.6 is 47.8 Å². The summed E-state index contributed by atoms with van der Waals surface area (Å²) in [5, 5.41) is 14.1. The number of nitrogens with zero attached hydrogens (tertiary/aromatic N) is 3. The van der Waals surface area contributed by atoms with Crippen molar-refractivity contribution in [1.29, 1.82) is 0 Å². The number of aromatic nitrogens is 2. The van der Waals surface area contributed by atoms with Crippen LogP contribution in [0, 0.1) is 0 Å². The van der Waals surface area contributed by atoms with Gasteiger partial charge in [0.15, 0.2) is 17.6 Å². The second kappa shape index (κ2) is 11.0. The van der Waals surface area contributed by atoms with Crippen LogP contribution in [0.25, 0.3) is 10.9 Å². The summed E-state index contributed by atoms with van der Waals surface area (Å²) in [5.74, 6) is -0.0545. The van der Waals surface area contributed by atoms with E-state index in [1.807, 2.05) is 26.8 Å². The molecule has 34 heavy (non-hydrogen) atoms. The predicted octanol–water partition coefficient (Wildman–Crippen LogP) is 5.94. The molecule has 0 unspecified atom stereocenters. The van der Waals surface area contributed by atoms with Gasteiger partial charge in [-0.3, -0.25) is 4.79 Å². The summed E-state index contributed by atoms with van der Waals surface area (Å²) in [6.07, 6.45) is 0.428. The first-order chi connectivity index (χ1) is 16.0. The minimum atomic E-state index is -1.10. The summed E-state index contributed by atoms with van der Waals surface area (Å²) >= 11 is 10.4. The molecule has 0 aliphatic heterocycles. The molecule has 0 bridgehead atoms. The van der Waals surface area contributed by atoms with Crippen LogP contribution in [-0.2, 0) is 4.79 Å². The van der Waals surface area contributed by atoms with Gasteiger partial charge >= 0.3 is 5.97 Å². The lowest BCUT2D eigenvalue weighted by Gasteiger charge is -2.18. The first-order valence-electron chi connectivity index (χ1n) is 10.4. The Labute approximate surface area is 221 Å². The van der Waals surface area contributed by atoms with Crippen molar-refractivity contribution in [3.63, 3.8) is 0 Å². The number of aliphatic carboxylic acids is 1. The Morgan fingerprint density at radius 2 is 1.91 bits per heavy atom. The minimum Gasteiger partial charge on any atom is -0.490 e. The van der Waals surface area contributed by atoms with Crippen LogP contribution in [0.1, 0.15) is 45.0 Å². The number of hydrogen-bond donors (Lipinski definition) is 1. The third-order valence-electron chi connectivity index (χ3n) is 4.76. The summed E-state index contributed by atoms with van der Waals surface area (Å²) < 4.78 is 14.4. The Morgan fingerprint density at radius 3 is 2.53 bits per heavy atom. The lowest BCUT2D eigenvalue weighted by atomic mass is 10.2. The highest BCUT2D eigenvalue weighted by Crippen LogP contribution is 2.43. The Kier molecular flexibility index (Phi) is 8.53. The zero-order valence-corrected chi connectivity index (χ0v) is 23.6. The number of ether oxygens (including phenoxy) is 2. The van der Waals surface area contributed by atoms with Crippen LogP contribution in [0.3, 0.4) is 0 Å². The van der Waals surface area contributed by atoms with Gasteiger partial charge in [-0.2, -0.15) is 9.78 Å². The largest absolute Gasteiger partial charge is 0.490 e. The number of fused-ring (bicyclic) bond motifs is 1. The van der Waals surface area contributed by atoms with Gasteiger partial charge in [-0.25, -0.2) is 9.78 Å². The van der Waals surface area contributed by atoms with Gasteiger partial charge in [0.05, 0.1) is 28.2 Å². The predicted molar refractivity (Wildman–Crippen MR) is 142 cm³/mol. The van der Waals surface area contributed by atoms with Crippen molar-refractivity contribution >= 4 is 70.9 Å². The fourth-order valence-corrected chi connectivity index (χ4v) is 4.35. The fraction of sp³-hybridized carbons (Fsp3) is 0.304. The second-order valence-corrected chi connectivity index (χ2v) is 10.1. The van der Waals surface area contributed by atoms with E-state index in [1.165, 1.54) is 17.8 Å². The zero-order valence-electron chi connectivity index (χ0n) is 18.8. The summed E-state index contributed by atoms with van der Waals surface area (Å²) in [5.41, 5.74) is 0.892. The van der Waals surface area contributed by atoms with E-state index in [0.29, 0.717) is 43.6 Å². The number of carboxylic acids is 1. The van der Waals surface area contributed by atoms with Gasteiger partial charge in [0.1, 0.15) is 5.82 Å². The van der Waals surface area contributed by atoms with Crippen molar-refractivity contribution in [3.05, 3.63) is 59.4 Å². The molecule has 2 aromatic carbocycles. The average Bonchev–Trinajstić information content (AvgIpc) is 2.78. The van der Waals surface area contributed by atoms with Crippen LogP contribution in [0.5, 0.6) is 11.5 Å². The molecule has 1 heterocycles. The van der Waals surface area contributed by atoms with Crippen LogP contribution in [0.4, 0.5) is 0 Å². The number of carbonyl (C=O) groups is 1. The van der Waals surface area contributed by atoms with Gasteiger partial charge in [0, 0.05) is 20.4 Å². The van der Waals surface area contributed by atoms with E-state index >= 15 is 0 Å². The number of hydrogen-bond acceptors (Lipinski definition) is 6. The Bertz CT molecular complexity index is 1340. The molecule has 0 aliphatic carbocycles. The van der Waals surface area contributed by atoms with E-state index in [-0.39, 0.29) is 17.2 Å². The van der Waals surface area contributed by atoms with Crippen molar-refractivity contribution in [1.82, 2.24) is 9.66 Å². The molecule has 1 N–H and O–H groups in total. The molecule has 1 aromatic heterocycles. The number of carboxylic acid groups (broad SMARTS) is 1. The SMILES string of the molecule is CCOc1cc(C=Nn2c(C(C)C)nc3ccc(Br)cc3c2=O)c(Br)c(Br)c1O[C@@H](C)C(=O)O. The van der Waals surface area contributed by atoms with Crippen molar-refractivity contribution in [2.75, 3.05) is 6.61 Å². The molecule has 1 atom stereocenters. The monoisotopic (exact) mass is 657 g/mol. The first-order valence-corrected chi connectivity index (χ1v) is 12.7. The summed E-state index contributed by atoms with van der Waals surface area (Å²) in [7, 11) is 0. The highest BCUT2D eigenvalue weighted by Gasteiger charge is 2.22. The maximum atomic E-state index is 13.3. The standard InChI is InChI=1S/C23H22Br3N3O5/c1-5-33-17-8-13(18(25)19(26)20(17)34-12(4)23(31)32)10-27-29-21(11(2)3)28-16-7-6-14(24)9-15(16)22(29)30/h6-12H,5H2,1-4H3,(H,31,32)/t12-/m0/s1. The first kappa shape index (κ1) is 26.4. The van der Waals surface area contributed by atoms with E-state index in [4.69, 9.17) is 9.47 Å². The molecule has 0 amide bonds. The van der Waals surface area contributed by atoms with Gasteiger partial charge in [0.2, 0.25) is 0 Å². The van der Waals surface area contributed by atoms with Crippen LogP contribution in [0.2, 0.25) is 0 Å². The zero-order chi connectivity index (χ0) is 25.2. The van der Waals surface area contributed by atoms with Crippen molar-refractivity contribution in [2.45, 2.75) is 39.7 Å². The van der Waals surface area contributed by atoms with Crippen molar-refractivity contribution in [3.8, 4) is 11.5 Å². The van der Waals surface area contributed by atoms with E-state index in [1.54, 1.807) is 18.2 Å². The molecule has 0 aliphatic rings. The third kappa shape index (κ3) is 5.52. The molecule has 180 valence electrons. The van der Waals surface area contributed by atoms with Crippen LogP contribution < -0.4 is 15.0 Å². The van der Waals surface area contributed by atoms with E-state index in [2.05, 4.69) is 57.9 Å². The highest BCUT2D eigenvalue weighted by molar-refractivity contribution is 9.13. The quantitative estimate of drug-likeness (QED) is 0.300. The van der Waals surface area contributed by atoms with E-state index in [9.17, 15) is 14.7 Å². The molecule has 3 rings (SSSR count). The second-order valence-electron chi connectivity index (χ2n) is 7.60. The highest BCUT2D eigenvalue weighted by atomic mass is 79.9. The maximum Gasteiger partial charge on any atom is 0.344 e. The minimum absolute atomic E-state index is 0.0552. The summed E-state index contributed by atoms with van der Waals surface area (Å²) in [6.45, 7) is 7.45. The molecular formula is C23H22Br3N3O5. The summed E-state index contributed by atoms with van der Waals surface area (Å²) in [4.78, 5) is 29.2. The molecule has 0 fully saturated rings. The molecular weight excluding hydrogens is 638 g/mol. The molecule has 0 saturated heterocycles. The van der Waals surface area contributed by atoms with Crippen LogP contribution in [0.15, 0.2) is 47.6 Å². The van der Waals surface area contributed by atoms with E-state index < -0.39 is 12.1 Å². The topological polar surface area (TPSA) is 103 Å². The Morgan fingerprint density at radius 1 is 1.21 bits per heavy atom. The van der Waals surface area contributed by atoms with Gasteiger partial charge in [-0.05, 0) is 70.0 Å². The Hall–Kier alpha value is -2.24. The smallest absolute Gasteiger partial charge is 0.344 e. The van der Waals surface area contributed by atoms with Gasteiger partial charge in [-0.15, -0.1) is 0 Å². The van der Waals surface area contributed by atoms with Gasteiger partial charge in [0.25, 0.3) is 5.56 Å². The lowest BCUT2D eigenvalue weighted by Crippen LogP contribution is -2.23. The van der Waals surface area contributed by atoms with Crippen LogP contribution in [-0.4, -0.2) is 39.7 Å². The fourth-order valence-electron chi connectivity index (χ4n) is 3.07. The number of halogens is 3. The van der Waals surface area contributed by atoms with Gasteiger partial charge in [-0.1, -0.05) is 29.8 Å². The average molecular weight is 660 g/mol. The molecule has 0 saturated carbocycles. The lowest BCUT2D eigenvalue weighted by molar-refractivity contribution is -0.144. The Balaban J connectivity index is 2.15. The number of rotatable bonds is 8. The molecule has 3 aromatic rings. The third-order valence-corrected chi connectivity index (χ3v) is 7.40. The molecule has 11 heteroatoms. The van der Waals surface area contributed by atoms with Gasteiger partial charge < -0.3 is 14.6 Å². The summed E-state index contributed by atoms with van der Waals surface area (Å²) in [6, 6.07) is 7.01.